The molecule has 4 aliphatic carbocycles. The van der Waals surface area contributed by atoms with Crippen molar-refractivity contribution in [3.63, 3.8) is 0 Å². The van der Waals surface area contributed by atoms with Crippen LogP contribution in [0, 0.1) is 45.3 Å². The van der Waals surface area contributed by atoms with Gasteiger partial charge in [0.2, 0.25) is 0 Å². The van der Waals surface area contributed by atoms with Gasteiger partial charge in [-0.1, -0.05) is 46.3 Å². The molecule has 0 bridgehead atoms. The SMILES string of the molecule is CC(C)=CCC[C@](C)(O[C@H]1O[C@H](CO)[C@@H](O)[C@H](O)[C@H]1O)[C@H]1CC[C@]2(C)[C@@H]1C(=O)C[C@@H]1[C@]3(C)CC[C@@H](O)C(C)(C)[C@H]3[C@@H](O)C[C@]12C. The molecule has 0 aromatic heterocycles. The van der Waals surface area contributed by atoms with E-state index >= 15 is 0 Å². The number of rotatable bonds is 7. The van der Waals surface area contributed by atoms with Gasteiger partial charge in [0.15, 0.2) is 6.29 Å². The van der Waals surface area contributed by atoms with Gasteiger partial charge in [-0.25, -0.2) is 0 Å². The standard InChI is InChI=1S/C36H60O9/c1-19(2)10-9-13-36(8,45-31-29(43)28(42)27(41)23(18-37)44-31)20-11-15-34(6)26(20)21(38)16-24-33(5)14-12-25(40)32(3,4)30(33)22(39)17-35(24,34)7/h10,20,22-31,37,39-43H,9,11-18H2,1-8H3/t20-,22-,23+,24+,25+,26-,27+,28-,29+,30+,31+,33-,34+,35+,36-/m0/s1. The molecule has 1 aliphatic heterocycles. The number of ketones is 1. The lowest BCUT2D eigenvalue weighted by Gasteiger charge is -2.70. The molecule has 0 aromatic carbocycles. The number of carbonyl (C=O) groups is 1. The normalized spacial score (nSPS) is 50.6. The van der Waals surface area contributed by atoms with Gasteiger partial charge in [0.1, 0.15) is 30.2 Å². The molecule has 0 amide bonds. The number of allylic oxidation sites excluding steroid dienone is 2. The molecule has 5 rings (SSSR count). The molecule has 1 saturated heterocycles. The predicted molar refractivity (Wildman–Crippen MR) is 169 cm³/mol. The molecule has 1 heterocycles. The molecule has 0 radical (unpaired) electrons. The monoisotopic (exact) mass is 636 g/mol. The quantitative estimate of drug-likeness (QED) is 0.230. The van der Waals surface area contributed by atoms with E-state index in [2.05, 4.69) is 40.7 Å². The van der Waals surface area contributed by atoms with Crippen molar-refractivity contribution in [3.8, 4) is 0 Å². The molecular formula is C36H60O9. The third-order valence-electron chi connectivity index (χ3n) is 14.2. The van der Waals surface area contributed by atoms with Crippen molar-refractivity contribution in [2.24, 2.45) is 45.3 Å². The molecule has 9 heteroatoms. The van der Waals surface area contributed by atoms with E-state index in [4.69, 9.17) is 9.47 Å². The Balaban J connectivity index is 1.51. The largest absolute Gasteiger partial charge is 0.394 e. The van der Waals surface area contributed by atoms with Crippen LogP contribution in [-0.2, 0) is 14.3 Å². The van der Waals surface area contributed by atoms with Crippen LogP contribution in [0.25, 0.3) is 0 Å². The third-order valence-corrected chi connectivity index (χ3v) is 14.2. The second-order valence-corrected chi connectivity index (χ2v) is 17.3. The minimum Gasteiger partial charge on any atom is -0.394 e. The van der Waals surface area contributed by atoms with Gasteiger partial charge in [0.05, 0.1) is 24.4 Å². The summed E-state index contributed by atoms with van der Waals surface area (Å²) >= 11 is 0. The Morgan fingerprint density at radius 2 is 1.64 bits per heavy atom. The predicted octanol–water partition coefficient (Wildman–Crippen LogP) is 3.50. The number of ether oxygens (including phenoxy) is 2. The first-order chi connectivity index (χ1) is 20.8. The maximum atomic E-state index is 14.6. The summed E-state index contributed by atoms with van der Waals surface area (Å²) in [5.74, 6) is -0.372. The molecule has 6 N–H and O–H groups in total. The Kier molecular flexibility index (Phi) is 9.36. The van der Waals surface area contributed by atoms with Gasteiger partial charge in [0, 0.05) is 12.3 Å². The number of aliphatic hydroxyl groups is 6. The highest BCUT2D eigenvalue weighted by molar-refractivity contribution is 5.84. The van der Waals surface area contributed by atoms with Gasteiger partial charge in [-0.2, -0.15) is 0 Å². The highest BCUT2D eigenvalue weighted by Gasteiger charge is 2.73. The molecule has 45 heavy (non-hydrogen) atoms. The van der Waals surface area contributed by atoms with E-state index in [0.29, 0.717) is 32.1 Å². The summed E-state index contributed by atoms with van der Waals surface area (Å²) in [7, 11) is 0. The van der Waals surface area contributed by atoms with Crippen molar-refractivity contribution >= 4 is 5.78 Å². The van der Waals surface area contributed by atoms with Crippen LogP contribution in [0.4, 0.5) is 0 Å². The maximum absolute atomic E-state index is 14.6. The van der Waals surface area contributed by atoms with Gasteiger partial charge in [0.25, 0.3) is 0 Å². The van der Waals surface area contributed by atoms with E-state index in [9.17, 15) is 35.4 Å². The Labute approximate surface area is 269 Å². The molecule has 5 aliphatic rings. The van der Waals surface area contributed by atoms with Crippen molar-refractivity contribution in [1.29, 1.82) is 0 Å². The fraction of sp³-hybridized carbons (Fsp3) is 0.917. The van der Waals surface area contributed by atoms with Gasteiger partial charge in [-0.15, -0.1) is 0 Å². The van der Waals surface area contributed by atoms with E-state index in [0.717, 1.165) is 24.8 Å². The van der Waals surface area contributed by atoms with Gasteiger partial charge < -0.3 is 40.1 Å². The fourth-order valence-electron chi connectivity index (χ4n) is 11.7. The molecule has 0 unspecified atom stereocenters. The summed E-state index contributed by atoms with van der Waals surface area (Å²) in [5.41, 5.74) is -1.27. The Morgan fingerprint density at radius 1 is 0.978 bits per heavy atom. The Hall–Kier alpha value is -0.910. The number of aliphatic hydroxyl groups excluding tert-OH is 6. The highest BCUT2D eigenvalue weighted by Crippen LogP contribution is 2.75. The maximum Gasteiger partial charge on any atom is 0.187 e. The average Bonchev–Trinajstić information content (AvgIpc) is 3.33. The summed E-state index contributed by atoms with van der Waals surface area (Å²) < 4.78 is 12.5. The number of fused-ring (bicyclic) bond motifs is 5. The van der Waals surface area contributed by atoms with E-state index in [1.807, 2.05) is 20.8 Å². The number of carbonyl (C=O) groups excluding carboxylic acids is 1. The smallest absolute Gasteiger partial charge is 0.187 e. The van der Waals surface area contributed by atoms with Crippen LogP contribution in [0.3, 0.4) is 0 Å². The van der Waals surface area contributed by atoms with E-state index < -0.39 is 66.0 Å². The molecule has 0 aromatic rings. The molecule has 0 spiro atoms. The van der Waals surface area contributed by atoms with Crippen LogP contribution < -0.4 is 0 Å². The van der Waals surface area contributed by atoms with Gasteiger partial charge in [-0.05, 0) is 105 Å². The number of Topliss-reactive ketones (excluding diaryl/α,β-unsaturated/α-hetero) is 1. The minimum absolute atomic E-state index is 0.0703. The molecule has 15 atom stereocenters. The number of hydrogen-bond acceptors (Lipinski definition) is 9. The lowest BCUT2D eigenvalue weighted by molar-refractivity contribution is -0.333. The van der Waals surface area contributed by atoms with E-state index in [-0.39, 0.29) is 40.3 Å². The van der Waals surface area contributed by atoms with Crippen LogP contribution in [0.5, 0.6) is 0 Å². The molecule has 9 nitrogen and oxygen atoms in total. The number of hydrogen-bond donors (Lipinski definition) is 6. The first kappa shape index (κ1) is 35.4. The third kappa shape index (κ3) is 5.31. The minimum atomic E-state index is -1.55. The second-order valence-electron chi connectivity index (χ2n) is 17.3. The van der Waals surface area contributed by atoms with Crippen molar-refractivity contribution in [2.45, 2.75) is 155 Å². The summed E-state index contributed by atoms with van der Waals surface area (Å²) in [6.07, 6.45) is -0.745. The highest BCUT2D eigenvalue weighted by atomic mass is 16.7. The van der Waals surface area contributed by atoms with Crippen molar-refractivity contribution in [2.75, 3.05) is 6.61 Å². The van der Waals surface area contributed by atoms with Crippen molar-refractivity contribution < 1.29 is 44.9 Å². The van der Waals surface area contributed by atoms with Crippen LogP contribution >= 0.6 is 0 Å². The summed E-state index contributed by atoms with van der Waals surface area (Å²) in [6, 6.07) is 0. The zero-order chi connectivity index (χ0) is 33.5. The molecule has 5 fully saturated rings. The average molecular weight is 637 g/mol. The van der Waals surface area contributed by atoms with Crippen molar-refractivity contribution in [1.82, 2.24) is 0 Å². The summed E-state index contributed by atoms with van der Waals surface area (Å²) in [6.45, 7) is 16.4. The molecule has 258 valence electrons. The van der Waals surface area contributed by atoms with Crippen LogP contribution in [0.1, 0.15) is 107 Å². The fourth-order valence-corrected chi connectivity index (χ4v) is 11.7. The lowest BCUT2D eigenvalue weighted by Crippen LogP contribution is -2.69. The van der Waals surface area contributed by atoms with E-state index in [1.165, 1.54) is 0 Å². The molecular weight excluding hydrogens is 576 g/mol. The van der Waals surface area contributed by atoms with Crippen LogP contribution in [0.15, 0.2) is 11.6 Å². The van der Waals surface area contributed by atoms with Gasteiger partial charge >= 0.3 is 0 Å². The zero-order valence-electron chi connectivity index (χ0n) is 28.7. The summed E-state index contributed by atoms with van der Waals surface area (Å²) in [4.78, 5) is 14.6. The van der Waals surface area contributed by atoms with Gasteiger partial charge in [-0.3, -0.25) is 4.79 Å². The van der Waals surface area contributed by atoms with Crippen molar-refractivity contribution in [3.05, 3.63) is 11.6 Å². The van der Waals surface area contributed by atoms with Crippen LogP contribution in [0.2, 0.25) is 0 Å². The first-order valence-electron chi connectivity index (χ1n) is 17.3. The first-order valence-corrected chi connectivity index (χ1v) is 17.3. The Morgan fingerprint density at radius 3 is 2.27 bits per heavy atom. The Bertz CT molecular complexity index is 1150. The van der Waals surface area contributed by atoms with E-state index in [1.54, 1.807) is 0 Å². The second kappa shape index (κ2) is 11.9. The molecule has 4 saturated carbocycles. The lowest BCUT2D eigenvalue weighted by atomic mass is 9.34. The van der Waals surface area contributed by atoms with Crippen LogP contribution in [-0.4, -0.2) is 91.5 Å². The summed E-state index contributed by atoms with van der Waals surface area (Å²) in [5, 5.41) is 64.6. The topological polar surface area (TPSA) is 157 Å². The zero-order valence-corrected chi connectivity index (χ0v) is 28.7.